The van der Waals surface area contributed by atoms with E-state index in [4.69, 9.17) is 0 Å². The Bertz CT molecular complexity index is 1020. The molecule has 0 bridgehead atoms. The van der Waals surface area contributed by atoms with E-state index < -0.39 is 0 Å². The Hall–Kier alpha value is -3.08. The number of piperidine rings is 1. The van der Waals surface area contributed by atoms with Crippen molar-refractivity contribution in [2.75, 3.05) is 20.1 Å². The molecule has 1 aromatic carbocycles. The van der Waals surface area contributed by atoms with Gasteiger partial charge < -0.3 is 15.1 Å². The zero-order valence-corrected chi connectivity index (χ0v) is 24.7. The molecular formula is C32H49N3O2. The first-order valence-electron chi connectivity index (χ1n) is 13.8. The summed E-state index contributed by atoms with van der Waals surface area (Å²) in [4.78, 5) is 27.9. The Morgan fingerprint density at radius 3 is 2.16 bits per heavy atom. The molecule has 2 heterocycles. The van der Waals surface area contributed by atoms with Crippen LogP contribution in [0.4, 0.5) is 0 Å². The first kappa shape index (κ1) is 31.9. The standard InChI is InChI=1S/C27H35N3O2.C3H8.C2H6/c1-18-9-14-30(20(3)15-18)26(17-23-10-12-29(13-11-23)22(5)31)21(4)25-8-7-24(16-19(25)2)27(32)28-6;1-3-2;1-2/h7-9,14-16,23H,3,10-13,17H2,1-2,4-6H3,(H,28,32);3H2,1-2H3;1-2H3/b26-21+;;. The highest BCUT2D eigenvalue weighted by atomic mass is 16.2. The minimum Gasteiger partial charge on any atom is -0.355 e. The second-order valence-electron chi connectivity index (χ2n) is 9.61. The van der Waals surface area contributed by atoms with Crippen molar-refractivity contribution < 1.29 is 9.59 Å². The quantitative estimate of drug-likeness (QED) is 0.450. The Morgan fingerprint density at radius 1 is 1.08 bits per heavy atom. The molecule has 5 heteroatoms. The molecule has 0 aliphatic carbocycles. The average Bonchev–Trinajstić information content (AvgIpc) is 2.88. The second kappa shape index (κ2) is 15.9. The predicted molar refractivity (Wildman–Crippen MR) is 158 cm³/mol. The normalized spacial score (nSPS) is 16.0. The summed E-state index contributed by atoms with van der Waals surface area (Å²) in [5.74, 6) is 0.594. The van der Waals surface area contributed by atoms with Crippen molar-refractivity contribution in [3.8, 4) is 0 Å². The van der Waals surface area contributed by atoms with Gasteiger partial charge in [-0.05, 0) is 92.5 Å². The van der Waals surface area contributed by atoms with Gasteiger partial charge in [-0.25, -0.2) is 0 Å². The predicted octanol–water partition coefficient (Wildman–Crippen LogP) is 7.47. The SMILES string of the molecule is C=C1C=C(C)C=CN1/C(CC1CCN(C(C)=O)CC1)=C(\C)c1ccc(C(=O)NC)cc1C.CC.CCC. The molecule has 2 aliphatic rings. The highest BCUT2D eigenvalue weighted by Gasteiger charge is 2.25. The number of rotatable bonds is 5. The number of amides is 2. The van der Waals surface area contributed by atoms with Crippen LogP contribution in [-0.4, -0.2) is 41.8 Å². The molecule has 1 aromatic rings. The summed E-state index contributed by atoms with van der Waals surface area (Å²) >= 11 is 0. The number of allylic oxidation sites excluding steroid dienone is 5. The van der Waals surface area contributed by atoms with Crippen LogP contribution in [0.1, 0.15) is 95.6 Å². The summed E-state index contributed by atoms with van der Waals surface area (Å²) in [6.45, 7) is 22.1. The molecule has 1 N–H and O–H groups in total. The van der Waals surface area contributed by atoms with Gasteiger partial charge in [-0.1, -0.05) is 46.8 Å². The smallest absolute Gasteiger partial charge is 0.251 e. The zero-order chi connectivity index (χ0) is 28.1. The van der Waals surface area contributed by atoms with Crippen LogP contribution < -0.4 is 5.32 Å². The van der Waals surface area contributed by atoms with Crippen LogP contribution in [0.2, 0.25) is 0 Å². The molecular weight excluding hydrogens is 458 g/mol. The van der Waals surface area contributed by atoms with E-state index in [2.05, 4.69) is 69.8 Å². The topological polar surface area (TPSA) is 52.7 Å². The first-order chi connectivity index (χ1) is 17.6. The molecule has 2 aliphatic heterocycles. The Balaban J connectivity index is 0.00000127. The van der Waals surface area contributed by atoms with Crippen LogP contribution in [0.15, 0.2) is 60.1 Å². The maximum absolute atomic E-state index is 12.1. The maximum Gasteiger partial charge on any atom is 0.251 e. The summed E-state index contributed by atoms with van der Waals surface area (Å²) in [5.41, 5.74) is 7.45. The third kappa shape index (κ3) is 9.07. The van der Waals surface area contributed by atoms with Crippen LogP contribution in [-0.2, 0) is 4.79 Å². The molecule has 0 spiro atoms. The summed E-state index contributed by atoms with van der Waals surface area (Å²) in [5, 5.41) is 2.69. The molecule has 0 saturated carbocycles. The van der Waals surface area contributed by atoms with Gasteiger partial charge in [-0.3, -0.25) is 9.59 Å². The zero-order valence-electron chi connectivity index (χ0n) is 24.7. The van der Waals surface area contributed by atoms with E-state index in [1.165, 1.54) is 23.3 Å². The number of carbonyl (C=O) groups excluding carboxylic acids is 2. The fraction of sp³-hybridized carbons (Fsp3) is 0.500. The van der Waals surface area contributed by atoms with Crippen molar-refractivity contribution in [1.29, 1.82) is 0 Å². The van der Waals surface area contributed by atoms with Crippen LogP contribution in [0.3, 0.4) is 0 Å². The third-order valence-electron chi connectivity index (χ3n) is 6.58. The van der Waals surface area contributed by atoms with Gasteiger partial charge in [0.25, 0.3) is 5.91 Å². The molecule has 37 heavy (non-hydrogen) atoms. The van der Waals surface area contributed by atoms with Crippen LogP contribution in [0.5, 0.6) is 0 Å². The van der Waals surface area contributed by atoms with Gasteiger partial charge in [0.05, 0.1) is 0 Å². The minimum atomic E-state index is -0.0771. The van der Waals surface area contributed by atoms with Gasteiger partial charge in [0.2, 0.25) is 5.91 Å². The lowest BCUT2D eigenvalue weighted by Crippen LogP contribution is -2.37. The van der Waals surface area contributed by atoms with Crippen molar-refractivity contribution in [1.82, 2.24) is 15.1 Å². The van der Waals surface area contributed by atoms with Crippen molar-refractivity contribution in [3.05, 3.63) is 76.8 Å². The summed E-state index contributed by atoms with van der Waals surface area (Å²) in [6.07, 6.45) is 10.5. The van der Waals surface area contributed by atoms with Gasteiger partial charge in [-0.15, -0.1) is 0 Å². The molecule has 0 aromatic heterocycles. The van der Waals surface area contributed by atoms with E-state index >= 15 is 0 Å². The molecule has 5 nitrogen and oxygen atoms in total. The summed E-state index contributed by atoms with van der Waals surface area (Å²) in [7, 11) is 1.65. The summed E-state index contributed by atoms with van der Waals surface area (Å²) < 4.78 is 0. The number of likely N-dealkylation sites (tertiary alicyclic amines) is 1. The van der Waals surface area contributed by atoms with Gasteiger partial charge in [0, 0.05) is 50.2 Å². The van der Waals surface area contributed by atoms with Crippen LogP contribution in [0, 0.1) is 12.8 Å². The Kier molecular flexibility index (Phi) is 13.7. The van der Waals surface area contributed by atoms with E-state index in [1.807, 2.05) is 36.9 Å². The molecule has 3 rings (SSSR count). The largest absolute Gasteiger partial charge is 0.355 e. The van der Waals surface area contributed by atoms with Crippen molar-refractivity contribution in [2.45, 2.75) is 81.1 Å². The molecule has 0 unspecified atom stereocenters. The fourth-order valence-corrected chi connectivity index (χ4v) is 4.61. The third-order valence-corrected chi connectivity index (χ3v) is 6.58. The first-order valence-corrected chi connectivity index (χ1v) is 13.8. The Labute approximate surface area is 226 Å². The maximum atomic E-state index is 12.1. The van der Waals surface area contributed by atoms with E-state index in [9.17, 15) is 9.59 Å². The molecule has 1 fully saturated rings. The van der Waals surface area contributed by atoms with Gasteiger partial charge in [0.15, 0.2) is 0 Å². The summed E-state index contributed by atoms with van der Waals surface area (Å²) in [6, 6.07) is 5.88. The lowest BCUT2D eigenvalue weighted by atomic mass is 9.88. The number of aryl methyl sites for hydroxylation is 1. The van der Waals surface area contributed by atoms with Crippen LogP contribution in [0.25, 0.3) is 5.57 Å². The molecule has 2 amide bonds. The monoisotopic (exact) mass is 507 g/mol. The highest BCUT2D eigenvalue weighted by molar-refractivity contribution is 5.94. The van der Waals surface area contributed by atoms with Crippen molar-refractivity contribution in [2.24, 2.45) is 5.92 Å². The number of nitrogens with zero attached hydrogens (tertiary/aromatic N) is 2. The number of nitrogens with one attached hydrogen (secondary N) is 1. The van der Waals surface area contributed by atoms with Gasteiger partial charge >= 0.3 is 0 Å². The highest BCUT2D eigenvalue weighted by Crippen LogP contribution is 2.35. The van der Waals surface area contributed by atoms with Gasteiger partial charge in [0.1, 0.15) is 0 Å². The van der Waals surface area contributed by atoms with E-state index in [-0.39, 0.29) is 11.8 Å². The minimum absolute atomic E-state index is 0.0771. The van der Waals surface area contributed by atoms with E-state index in [1.54, 1.807) is 14.0 Å². The van der Waals surface area contributed by atoms with Crippen molar-refractivity contribution in [3.63, 3.8) is 0 Å². The number of benzene rings is 1. The van der Waals surface area contributed by atoms with E-state index in [0.29, 0.717) is 11.5 Å². The number of hydrogen-bond acceptors (Lipinski definition) is 3. The molecule has 1 saturated heterocycles. The number of hydrogen-bond donors (Lipinski definition) is 1. The number of carbonyl (C=O) groups is 2. The fourth-order valence-electron chi connectivity index (χ4n) is 4.61. The Morgan fingerprint density at radius 2 is 1.68 bits per heavy atom. The van der Waals surface area contributed by atoms with Gasteiger partial charge in [-0.2, -0.15) is 0 Å². The lowest BCUT2D eigenvalue weighted by molar-refractivity contribution is -0.130. The van der Waals surface area contributed by atoms with E-state index in [0.717, 1.165) is 49.2 Å². The van der Waals surface area contributed by atoms with Crippen molar-refractivity contribution >= 4 is 17.4 Å². The second-order valence-corrected chi connectivity index (χ2v) is 9.61. The molecule has 0 atom stereocenters. The van der Waals surface area contributed by atoms with Crippen LogP contribution >= 0.6 is 0 Å². The molecule has 204 valence electrons. The lowest BCUT2D eigenvalue weighted by Gasteiger charge is -2.35. The molecule has 0 radical (unpaired) electrons. The average molecular weight is 508 g/mol.